The van der Waals surface area contributed by atoms with E-state index in [2.05, 4.69) is 0 Å². The number of pyridine rings is 1. The van der Waals surface area contributed by atoms with E-state index >= 15 is 0 Å². The standard InChI is InChI=1S/C26H30FNO3/c1-25(2,21-15-19(27)11-12-24(21)31-3)16-26(30,18-7-6-8-18)17-28-14-13-23(29)20-9-4-5-10-22(20)28/h4-5,9-15,18,30H,6-8,16-17H2,1-3H3. The zero-order valence-electron chi connectivity index (χ0n) is 18.4. The highest BCUT2D eigenvalue weighted by molar-refractivity contribution is 5.78. The molecule has 5 heteroatoms. The van der Waals surface area contributed by atoms with Gasteiger partial charge in [0.05, 0.1) is 24.8 Å². The SMILES string of the molecule is COc1ccc(F)cc1C(C)(C)CC(O)(Cn1ccc(=O)c2ccccc21)C1CCC1. The summed E-state index contributed by atoms with van der Waals surface area (Å²) in [6, 6.07) is 13.6. The Morgan fingerprint density at radius 1 is 1.16 bits per heavy atom. The van der Waals surface area contributed by atoms with Gasteiger partial charge < -0.3 is 14.4 Å². The van der Waals surface area contributed by atoms with Crippen LogP contribution in [0, 0.1) is 11.7 Å². The van der Waals surface area contributed by atoms with Crippen molar-refractivity contribution >= 4 is 10.9 Å². The molecule has 1 N–H and O–H groups in total. The second-order valence-electron chi connectivity index (χ2n) is 9.46. The van der Waals surface area contributed by atoms with Crippen molar-refractivity contribution in [2.45, 2.75) is 57.1 Å². The van der Waals surface area contributed by atoms with Crippen LogP contribution in [0.25, 0.3) is 10.9 Å². The average molecular weight is 424 g/mol. The fraction of sp³-hybridized carbons (Fsp3) is 0.423. The lowest BCUT2D eigenvalue weighted by molar-refractivity contribution is -0.0811. The van der Waals surface area contributed by atoms with E-state index in [0.717, 1.165) is 30.3 Å². The van der Waals surface area contributed by atoms with Gasteiger partial charge in [0.25, 0.3) is 0 Å². The lowest BCUT2D eigenvalue weighted by Gasteiger charge is -2.46. The van der Waals surface area contributed by atoms with Gasteiger partial charge in [0.1, 0.15) is 11.6 Å². The molecule has 1 atom stereocenters. The van der Waals surface area contributed by atoms with E-state index in [9.17, 15) is 14.3 Å². The lowest BCUT2D eigenvalue weighted by atomic mass is 9.65. The van der Waals surface area contributed by atoms with Gasteiger partial charge in [-0.25, -0.2) is 4.39 Å². The van der Waals surface area contributed by atoms with E-state index in [0.29, 0.717) is 24.1 Å². The number of rotatable bonds is 7. The predicted octanol–water partition coefficient (Wildman–Crippen LogP) is 5.05. The average Bonchev–Trinajstić information content (AvgIpc) is 2.68. The van der Waals surface area contributed by atoms with Gasteiger partial charge in [-0.05, 0) is 60.9 Å². The van der Waals surface area contributed by atoms with Crippen LogP contribution in [0.15, 0.2) is 59.5 Å². The third-order valence-electron chi connectivity index (χ3n) is 6.83. The minimum Gasteiger partial charge on any atom is -0.496 e. The maximum absolute atomic E-state index is 14.1. The normalized spacial score (nSPS) is 16.7. The summed E-state index contributed by atoms with van der Waals surface area (Å²) in [5, 5.41) is 12.7. The number of halogens is 1. The molecular formula is C26H30FNO3. The van der Waals surface area contributed by atoms with Crippen LogP contribution in [0.1, 0.15) is 45.1 Å². The minimum absolute atomic E-state index is 0.0242. The summed E-state index contributed by atoms with van der Waals surface area (Å²) in [6.07, 6.45) is 5.24. The monoisotopic (exact) mass is 423 g/mol. The van der Waals surface area contributed by atoms with Crippen LogP contribution in [0.3, 0.4) is 0 Å². The van der Waals surface area contributed by atoms with Crippen molar-refractivity contribution in [3.05, 3.63) is 76.3 Å². The first-order valence-corrected chi connectivity index (χ1v) is 10.9. The Kier molecular flexibility index (Phi) is 5.65. The number of benzene rings is 2. The van der Waals surface area contributed by atoms with Crippen LogP contribution in [-0.2, 0) is 12.0 Å². The first-order chi connectivity index (χ1) is 14.7. The molecule has 4 nitrogen and oxygen atoms in total. The number of aliphatic hydroxyl groups is 1. The molecule has 1 aliphatic carbocycles. The van der Waals surface area contributed by atoms with Gasteiger partial charge in [-0.3, -0.25) is 4.79 Å². The molecule has 1 aliphatic rings. The molecule has 4 rings (SSSR count). The third-order valence-corrected chi connectivity index (χ3v) is 6.83. The number of fused-ring (bicyclic) bond motifs is 1. The summed E-state index contributed by atoms with van der Waals surface area (Å²) in [7, 11) is 1.58. The smallest absolute Gasteiger partial charge is 0.189 e. The fourth-order valence-corrected chi connectivity index (χ4v) is 5.04. The number of ether oxygens (including phenoxy) is 1. The largest absolute Gasteiger partial charge is 0.496 e. The number of hydrogen-bond acceptors (Lipinski definition) is 3. The molecule has 0 amide bonds. The quantitative estimate of drug-likeness (QED) is 0.579. The Morgan fingerprint density at radius 2 is 1.90 bits per heavy atom. The molecule has 1 unspecified atom stereocenters. The molecule has 1 aromatic heterocycles. The maximum atomic E-state index is 14.1. The van der Waals surface area contributed by atoms with Crippen LogP contribution in [0.5, 0.6) is 5.75 Å². The van der Waals surface area contributed by atoms with E-state index in [1.54, 1.807) is 25.4 Å². The fourth-order valence-electron chi connectivity index (χ4n) is 5.04. The van der Waals surface area contributed by atoms with E-state index in [-0.39, 0.29) is 17.2 Å². The Hall–Kier alpha value is -2.66. The van der Waals surface area contributed by atoms with Crippen LogP contribution in [0.4, 0.5) is 4.39 Å². The highest BCUT2D eigenvalue weighted by Gasteiger charge is 2.45. The lowest BCUT2D eigenvalue weighted by Crippen LogP contribution is -2.49. The second-order valence-corrected chi connectivity index (χ2v) is 9.46. The molecule has 3 aromatic rings. The zero-order valence-corrected chi connectivity index (χ0v) is 18.4. The number of aromatic nitrogens is 1. The van der Waals surface area contributed by atoms with Crippen molar-refractivity contribution in [2.75, 3.05) is 7.11 Å². The molecule has 1 heterocycles. The summed E-state index contributed by atoms with van der Waals surface area (Å²) in [5.41, 5.74) is 0.0130. The van der Waals surface area contributed by atoms with Crippen molar-refractivity contribution in [1.82, 2.24) is 4.57 Å². The molecule has 0 spiro atoms. The third kappa shape index (κ3) is 4.11. The molecule has 164 valence electrons. The van der Waals surface area contributed by atoms with Gasteiger partial charge in [0.2, 0.25) is 0 Å². The summed E-state index contributed by atoms with van der Waals surface area (Å²) in [4.78, 5) is 12.3. The minimum atomic E-state index is -1.00. The Bertz CT molecular complexity index is 1150. The van der Waals surface area contributed by atoms with Crippen molar-refractivity contribution in [3.63, 3.8) is 0 Å². The van der Waals surface area contributed by atoms with Crippen molar-refractivity contribution < 1.29 is 14.2 Å². The molecule has 31 heavy (non-hydrogen) atoms. The van der Waals surface area contributed by atoms with Crippen molar-refractivity contribution in [1.29, 1.82) is 0 Å². The van der Waals surface area contributed by atoms with Gasteiger partial charge in [-0.1, -0.05) is 32.4 Å². The first-order valence-electron chi connectivity index (χ1n) is 10.9. The van der Waals surface area contributed by atoms with E-state index < -0.39 is 11.0 Å². The summed E-state index contributed by atoms with van der Waals surface area (Å²) < 4.78 is 21.6. The van der Waals surface area contributed by atoms with Gasteiger partial charge in [-0.15, -0.1) is 0 Å². The zero-order chi connectivity index (χ0) is 22.2. The summed E-state index contributed by atoms with van der Waals surface area (Å²) in [6.45, 7) is 4.43. The maximum Gasteiger partial charge on any atom is 0.189 e. The molecule has 0 bridgehead atoms. The van der Waals surface area contributed by atoms with Crippen LogP contribution in [-0.4, -0.2) is 22.4 Å². The Morgan fingerprint density at radius 3 is 2.58 bits per heavy atom. The van der Waals surface area contributed by atoms with Gasteiger partial charge in [0, 0.05) is 23.2 Å². The summed E-state index contributed by atoms with van der Waals surface area (Å²) in [5.74, 6) is 0.461. The molecular weight excluding hydrogens is 393 g/mol. The van der Waals surface area contributed by atoms with Crippen LogP contribution in [0.2, 0.25) is 0 Å². The predicted molar refractivity (Wildman–Crippen MR) is 121 cm³/mol. The van der Waals surface area contributed by atoms with E-state index in [1.807, 2.05) is 42.7 Å². The van der Waals surface area contributed by atoms with Crippen molar-refractivity contribution in [2.24, 2.45) is 5.92 Å². The van der Waals surface area contributed by atoms with E-state index in [4.69, 9.17) is 4.74 Å². The number of para-hydroxylation sites is 1. The highest BCUT2D eigenvalue weighted by Crippen LogP contribution is 2.46. The molecule has 2 aromatic carbocycles. The first kappa shape index (κ1) is 21.6. The van der Waals surface area contributed by atoms with Gasteiger partial charge in [0.15, 0.2) is 5.43 Å². The molecule has 0 radical (unpaired) electrons. The molecule has 1 saturated carbocycles. The number of methoxy groups -OCH3 is 1. The number of hydrogen-bond donors (Lipinski definition) is 1. The molecule has 0 saturated heterocycles. The summed E-state index contributed by atoms with van der Waals surface area (Å²) >= 11 is 0. The van der Waals surface area contributed by atoms with Crippen LogP contribution < -0.4 is 10.2 Å². The Balaban J connectivity index is 1.74. The molecule has 0 aliphatic heterocycles. The van der Waals surface area contributed by atoms with Crippen LogP contribution >= 0.6 is 0 Å². The van der Waals surface area contributed by atoms with Gasteiger partial charge >= 0.3 is 0 Å². The van der Waals surface area contributed by atoms with Crippen molar-refractivity contribution in [3.8, 4) is 5.75 Å². The Labute approximate surface area is 182 Å². The number of nitrogens with zero attached hydrogens (tertiary/aromatic N) is 1. The van der Waals surface area contributed by atoms with Gasteiger partial charge in [-0.2, -0.15) is 0 Å². The topological polar surface area (TPSA) is 51.5 Å². The molecule has 1 fully saturated rings. The highest BCUT2D eigenvalue weighted by atomic mass is 19.1. The van der Waals surface area contributed by atoms with E-state index in [1.165, 1.54) is 12.1 Å². The second kappa shape index (κ2) is 8.12.